The summed E-state index contributed by atoms with van der Waals surface area (Å²) in [6, 6.07) is 10.0. The van der Waals surface area contributed by atoms with Gasteiger partial charge in [0.1, 0.15) is 0 Å². The Balaban J connectivity index is 1.78. The molecule has 5 nitrogen and oxygen atoms in total. The lowest BCUT2D eigenvalue weighted by Crippen LogP contribution is -2.38. The highest BCUT2D eigenvalue weighted by Crippen LogP contribution is 2.35. The molecular formula is C21H18F3N3O2S. The fourth-order valence-electron chi connectivity index (χ4n) is 3.24. The van der Waals surface area contributed by atoms with Crippen LogP contribution in [0.25, 0.3) is 27.6 Å². The Kier molecular flexibility index (Phi) is 4.82. The number of rotatable bonds is 4. The Morgan fingerprint density at radius 1 is 1.13 bits per heavy atom. The van der Waals surface area contributed by atoms with Gasteiger partial charge in [-0.25, -0.2) is 0 Å². The standard InChI is InChI=1S/C21H18F3N3O2S/c1-20(2,29)11-25-19(28)12-3-8-17-15(9-12)16-10-30-26-18(16)27(17)14-6-4-13(5-7-14)21(22,23)24/h3-10,29H,11H2,1-2H3,(H,25,28). The highest BCUT2D eigenvalue weighted by atomic mass is 32.1. The largest absolute Gasteiger partial charge is 0.416 e. The van der Waals surface area contributed by atoms with Crippen molar-refractivity contribution in [3.05, 3.63) is 59.0 Å². The fourth-order valence-corrected chi connectivity index (χ4v) is 3.91. The molecule has 4 aromatic rings. The van der Waals surface area contributed by atoms with Crippen molar-refractivity contribution in [3.63, 3.8) is 0 Å². The van der Waals surface area contributed by atoms with Crippen molar-refractivity contribution in [3.8, 4) is 5.69 Å². The van der Waals surface area contributed by atoms with E-state index < -0.39 is 17.3 Å². The van der Waals surface area contributed by atoms with Gasteiger partial charge in [0.25, 0.3) is 5.91 Å². The lowest BCUT2D eigenvalue weighted by atomic mass is 10.1. The molecule has 0 saturated heterocycles. The Bertz CT molecular complexity index is 1230. The zero-order chi connectivity index (χ0) is 21.7. The number of alkyl halides is 3. The minimum absolute atomic E-state index is 0.103. The highest BCUT2D eigenvalue weighted by molar-refractivity contribution is 7.05. The predicted molar refractivity (Wildman–Crippen MR) is 110 cm³/mol. The van der Waals surface area contributed by atoms with Crippen LogP contribution in [-0.4, -0.2) is 32.1 Å². The smallest absolute Gasteiger partial charge is 0.389 e. The van der Waals surface area contributed by atoms with Crippen molar-refractivity contribution in [2.75, 3.05) is 6.54 Å². The van der Waals surface area contributed by atoms with Gasteiger partial charge in [0, 0.05) is 33.9 Å². The molecular weight excluding hydrogens is 415 g/mol. The molecule has 30 heavy (non-hydrogen) atoms. The molecule has 2 heterocycles. The molecule has 9 heteroatoms. The van der Waals surface area contributed by atoms with Crippen LogP contribution in [0.3, 0.4) is 0 Å². The van der Waals surface area contributed by atoms with Crippen LogP contribution in [0.15, 0.2) is 47.8 Å². The summed E-state index contributed by atoms with van der Waals surface area (Å²) in [6.07, 6.45) is -4.40. The van der Waals surface area contributed by atoms with E-state index in [9.17, 15) is 23.1 Å². The zero-order valence-electron chi connectivity index (χ0n) is 16.1. The van der Waals surface area contributed by atoms with Crippen LogP contribution < -0.4 is 5.32 Å². The maximum atomic E-state index is 12.9. The number of aromatic nitrogens is 2. The lowest BCUT2D eigenvalue weighted by molar-refractivity contribution is -0.137. The summed E-state index contributed by atoms with van der Waals surface area (Å²) in [6.45, 7) is 3.30. The summed E-state index contributed by atoms with van der Waals surface area (Å²) in [5.74, 6) is -0.322. The van der Waals surface area contributed by atoms with Crippen molar-refractivity contribution >= 4 is 39.4 Å². The molecule has 0 aliphatic heterocycles. The molecule has 0 aliphatic rings. The van der Waals surface area contributed by atoms with E-state index in [0.717, 1.165) is 28.4 Å². The second kappa shape index (κ2) is 7.10. The summed E-state index contributed by atoms with van der Waals surface area (Å²) < 4.78 is 44.9. The Labute approximate surface area is 173 Å². The zero-order valence-corrected chi connectivity index (χ0v) is 16.9. The number of benzene rings is 2. The molecule has 2 N–H and O–H groups in total. The fraction of sp³-hybridized carbons (Fsp3) is 0.238. The van der Waals surface area contributed by atoms with Gasteiger partial charge >= 0.3 is 6.18 Å². The second-order valence-corrected chi connectivity index (χ2v) is 8.29. The molecule has 0 radical (unpaired) electrons. The molecule has 0 spiro atoms. The maximum absolute atomic E-state index is 12.9. The van der Waals surface area contributed by atoms with Gasteiger partial charge in [0.05, 0.1) is 16.7 Å². The number of halogens is 3. The monoisotopic (exact) mass is 433 g/mol. The van der Waals surface area contributed by atoms with E-state index >= 15 is 0 Å². The maximum Gasteiger partial charge on any atom is 0.416 e. The quantitative estimate of drug-likeness (QED) is 0.488. The lowest BCUT2D eigenvalue weighted by Gasteiger charge is -2.17. The van der Waals surface area contributed by atoms with Crippen molar-refractivity contribution < 1.29 is 23.1 Å². The first kappa shape index (κ1) is 20.4. The van der Waals surface area contributed by atoms with Crippen LogP contribution in [-0.2, 0) is 6.18 Å². The van der Waals surface area contributed by atoms with Gasteiger partial charge in [0.15, 0.2) is 5.65 Å². The summed E-state index contributed by atoms with van der Waals surface area (Å²) in [7, 11) is 0. The molecule has 1 amide bonds. The van der Waals surface area contributed by atoms with Gasteiger partial charge in [-0.2, -0.15) is 17.5 Å². The summed E-state index contributed by atoms with van der Waals surface area (Å²) in [4.78, 5) is 12.5. The van der Waals surface area contributed by atoms with Crippen LogP contribution in [0.4, 0.5) is 13.2 Å². The van der Waals surface area contributed by atoms with Gasteiger partial charge in [-0.15, -0.1) is 0 Å². The number of carbonyl (C=O) groups excluding carboxylic acids is 1. The number of nitrogens with one attached hydrogen (secondary N) is 1. The Morgan fingerprint density at radius 3 is 2.47 bits per heavy atom. The van der Waals surface area contributed by atoms with Crippen LogP contribution in [0.1, 0.15) is 29.8 Å². The van der Waals surface area contributed by atoms with E-state index in [1.54, 1.807) is 36.6 Å². The predicted octanol–water partition coefficient (Wildman–Crippen LogP) is 4.76. The van der Waals surface area contributed by atoms with E-state index in [-0.39, 0.29) is 12.5 Å². The molecule has 2 aromatic heterocycles. The first-order chi connectivity index (χ1) is 14.0. The Hall–Kier alpha value is -2.91. The third-order valence-electron chi connectivity index (χ3n) is 4.69. The number of hydrogen-bond donors (Lipinski definition) is 2. The topological polar surface area (TPSA) is 67.2 Å². The number of carbonyl (C=O) groups is 1. The van der Waals surface area contributed by atoms with Crippen LogP contribution in [0, 0.1) is 0 Å². The molecule has 0 bridgehead atoms. The van der Waals surface area contributed by atoms with Gasteiger partial charge in [-0.1, -0.05) is 0 Å². The van der Waals surface area contributed by atoms with Gasteiger partial charge in [-0.3, -0.25) is 9.36 Å². The number of amides is 1. The molecule has 2 aromatic carbocycles. The Morgan fingerprint density at radius 2 is 1.83 bits per heavy atom. The number of nitrogens with zero attached hydrogens (tertiary/aromatic N) is 2. The van der Waals surface area contributed by atoms with E-state index in [0.29, 0.717) is 16.9 Å². The summed E-state index contributed by atoms with van der Waals surface area (Å²) >= 11 is 1.23. The molecule has 0 saturated carbocycles. The van der Waals surface area contributed by atoms with Gasteiger partial charge in [-0.05, 0) is 67.8 Å². The minimum atomic E-state index is -4.40. The summed E-state index contributed by atoms with van der Waals surface area (Å²) in [5.41, 5.74) is 0.569. The molecule has 0 aliphatic carbocycles. The molecule has 0 atom stereocenters. The van der Waals surface area contributed by atoms with Crippen molar-refractivity contribution in [2.45, 2.75) is 25.6 Å². The van der Waals surface area contributed by atoms with Crippen LogP contribution in [0.2, 0.25) is 0 Å². The SMILES string of the molecule is CC(C)(O)CNC(=O)c1ccc2c(c1)c1csnc1n2-c1ccc(C(F)(F)F)cc1. The molecule has 0 unspecified atom stereocenters. The first-order valence-electron chi connectivity index (χ1n) is 9.11. The normalized spacial score (nSPS) is 12.6. The third kappa shape index (κ3) is 3.78. The van der Waals surface area contributed by atoms with E-state index in [4.69, 9.17) is 0 Å². The molecule has 4 rings (SSSR count). The third-order valence-corrected chi connectivity index (χ3v) is 5.31. The van der Waals surface area contributed by atoms with E-state index in [1.807, 2.05) is 5.38 Å². The minimum Gasteiger partial charge on any atom is -0.389 e. The van der Waals surface area contributed by atoms with Crippen molar-refractivity contribution in [1.82, 2.24) is 14.3 Å². The van der Waals surface area contributed by atoms with Crippen molar-refractivity contribution in [2.24, 2.45) is 0 Å². The average molecular weight is 433 g/mol. The second-order valence-electron chi connectivity index (χ2n) is 7.66. The highest BCUT2D eigenvalue weighted by Gasteiger charge is 2.30. The van der Waals surface area contributed by atoms with Crippen LogP contribution >= 0.6 is 11.5 Å². The van der Waals surface area contributed by atoms with E-state index in [2.05, 4.69) is 9.69 Å². The number of fused-ring (bicyclic) bond motifs is 3. The molecule has 156 valence electrons. The number of hydrogen-bond acceptors (Lipinski definition) is 4. The average Bonchev–Trinajstić information content (AvgIpc) is 3.25. The molecule has 0 fully saturated rings. The first-order valence-corrected chi connectivity index (χ1v) is 9.95. The summed E-state index contributed by atoms with van der Waals surface area (Å²) in [5, 5.41) is 15.9. The van der Waals surface area contributed by atoms with Crippen molar-refractivity contribution in [1.29, 1.82) is 0 Å². The number of aliphatic hydroxyl groups is 1. The van der Waals surface area contributed by atoms with Crippen LogP contribution in [0.5, 0.6) is 0 Å². The van der Waals surface area contributed by atoms with Gasteiger partial charge < -0.3 is 10.4 Å². The van der Waals surface area contributed by atoms with E-state index in [1.165, 1.54) is 23.7 Å². The van der Waals surface area contributed by atoms with Gasteiger partial charge in [0.2, 0.25) is 0 Å².